The molecule has 0 aromatic carbocycles. The minimum atomic E-state index is -0.590. The number of carbonyl (C=O) groups excluding carboxylic acids is 1. The van der Waals surface area contributed by atoms with Crippen LogP contribution in [-0.4, -0.2) is 17.5 Å². The Morgan fingerprint density at radius 1 is 1.60 bits per heavy atom. The fourth-order valence-corrected chi connectivity index (χ4v) is 1.06. The second-order valence-electron chi connectivity index (χ2n) is 2.83. The van der Waals surface area contributed by atoms with Crippen LogP contribution in [0.2, 0.25) is 0 Å². The predicted octanol–water partition coefficient (Wildman–Crippen LogP) is 1.69. The van der Waals surface area contributed by atoms with Gasteiger partial charge in [-0.15, -0.1) is 0 Å². The third-order valence-corrected chi connectivity index (χ3v) is 1.72. The standard InChI is InChI=1S/C11H12N2O2/c1-2-15-11(14)10(8-12)9-13-6-4-3-5-7-13/h4-7,9H,2-3H2,1H3/b10-9-. The first kappa shape index (κ1) is 11.1. The van der Waals surface area contributed by atoms with Crippen molar-refractivity contribution >= 4 is 5.97 Å². The summed E-state index contributed by atoms with van der Waals surface area (Å²) in [5.41, 5.74) is -0.00644. The number of nitrogens with zero attached hydrogens (tertiary/aromatic N) is 2. The lowest BCUT2D eigenvalue weighted by atomic mass is 10.3. The highest BCUT2D eigenvalue weighted by Crippen LogP contribution is 2.06. The third-order valence-electron chi connectivity index (χ3n) is 1.72. The summed E-state index contributed by atoms with van der Waals surface area (Å²) in [5, 5.41) is 8.76. The lowest BCUT2D eigenvalue weighted by Gasteiger charge is -2.12. The molecule has 1 aliphatic rings. The highest BCUT2D eigenvalue weighted by molar-refractivity contribution is 5.92. The molecule has 0 saturated carbocycles. The Bertz CT molecular complexity index is 349. The average Bonchev–Trinajstić information content (AvgIpc) is 2.27. The fourth-order valence-electron chi connectivity index (χ4n) is 1.06. The normalized spacial score (nSPS) is 14.9. The summed E-state index contributed by atoms with van der Waals surface area (Å²) in [6.45, 7) is 1.97. The molecule has 0 atom stereocenters. The van der Waals surface area contributed by atoms with Gasteiger partial charge in [0.25, 0.3) is 0 Å². The van der Waals surface area contributed by atoms with Crippen molar-refractivity contribution in [2.45, 2.75) is 13.3 Å². The summed E-state index contributed by atoms with van der Waals surface area (Å²) >= 11 is 0. The molecule has 0 bridgehead atoms. The molecule has 1 rings (SSSR count). The molecule has 0 amide bonds. The van der Waals surface area contributed by atoms with Crippen molar-refractivity contribution in [1.82, 2.24) is 4.90 Å². The Morgan fingerprint density at radius 3 is 2.80 bits per heavy atom. The van der Waals surface area contributed by atoms with E-state index in [9.17, 15) is 4.79 Å². The monoisotopic (exact) mass is 204 g/mol. The Hall–Kier alpha value is -2.02. The van der Waals surface area contributed by atoms with E-state index in [0.29, 0.717) is 0 Å². The van der Waals surface area contributed by atoms with Crippen LogP contribution in [-0.2, 0) is 9.53 Å². The Kier molecular flexibility index (Phi) is 4.17. The molecule has 0 aromatic rings. The van der Waals surface area contributed by atoms with Crippen molar-refractivity contribution < 1.29 is 9.53 Å². The Morgan fingerprint density at radius 2 is 2.27 bits per heavy atom. The maximum atomic E-state index is 11.3. The molecule has 1 aliphatic heterocycles. The summed E-state index contributed by atoms with van der Waals surface area (Å²) in [6, 6.07) is 1.81. The Labute approximate surface area is 88.7 Å². The van der Waals surface area contributed by atoms with E-state index in [1.54, 1.807) is 24.2 Å². The fraction of sp³-hybridized carbons (Fsp3) is 0.273. The SMILES string of the molecule is CCOC(=O)/C(C#N)=C\N1C=CCC=C1. The first-order valence-corrected chi connectivity index (χ1v) is 4.67. The number of ether oxygens (including phenoxy) is 1. The molecule has 0 fully saturated rings. The van der Waals surface area contributed by atoms with Gasteiger partial charge in [0, 0.05) is 18.6 Å². The van der Waals surface area contributed by atoms with Gasteiger partial charge in [-0.3, -0.25) is 0 Å². The van der Waals surface area contributed by atoms with Crippen LogP contribution in [0.3, 0.4) is 0 Å². The van der Waals surface area contributed by atoms with Gasteiger partial charge in [0.05, 0.1) is 6.61 Å². The zero-order chi connectivity index (χ0) is 11.1. The molecule has 15 heavy (non-hydrogen) atoms. The van der Waals surface area contributed by atoms with E-state index >= 15 is 0 Å². The second kappa shape index (κ2) is 5.66. The highest BCUT2D eigenvalue weighted by atomic mass is 16.5. The molecule has 0 unspecified atom stereocenters. The van der Waals surface area contributed by atoms with Crippen molar-refractivity contribution in [2.75, 3.05) is 6.61 Å². The molecule has 0 aromatic heterocycles. The van der Waals surface area contributed by atoms with Crippen molar-refractivity contribution in [3.05, 3.63) is 36.3 Å². The summed E-state index contributed by atoms with van der Waals surface area (Å²) < 4.78 is 4.73. The molecule has 0 radical (unpaired) electrons. The first-order valence-electron chi connectivity index (χ1n) is 4.67. The van der Waals surface area contributed by atoms with E-state index < -0.39 is 5.97 Å². The first-order chi connectivity index (χ1) is 7.27. The summed E-state index contributed by atoms with van der Waals surface area (Å²) in [7, 11) is 0. The van der Waals surface area contributed by atoms with Gasteiger partial charge < -0.3 is 9.64 Å². The molecule has 78 valence electrons. The van der Waals surface area contributed by atoms with E-state index in [2.05, 4.69) is 0 Å². The van der Waals surface area contributed by atoms with Crippen LogP contribution in [0.15, 0.2) is 36.3 Å². The lowest BCUT2D eigenvalue weighted by Crippen LogP contribution is -2.11. The van der Waals surface area contributed by atoms with Gasteiger partial charge in [-0.05, 0) is 13.3 Å². The largest absolute Gasteiger partial charge is 0.462 e. The molecule has 0 aliphatic carbocycles. The van der Waals surface area contributed by atoms with Crippen LogP contribution in [0.5, 0.6) is 0 Å². The molecule has 4 nitrogen and oxygen atoms in total. The van der Waals surface area contributed by atoms with Crippen LogP contribution in [0.25, 0.3) is 0 Å². The van der Waals surface area contributed by atoms with Crippen LogP contribution < -0.4 is 0 Å². The Balaban J connectivity index is 2.73. The van der Waals surface area contributed by atoms with Gasteiger partial charge in [0.15, 0.2) is 5.57 Å². The van der Waals surface area contributed by atoms with Crippen LogP contribution in [0.1, 0.15) is 13.3 Å². The number of nitriles is 1. The number of carbonyl (C=O) groups is 1. The van der Waals surface area contributed by atoms with Gasteiger partial charge in [0.2, 0.25) is 0 Å². The molecular formula is C11H12N2O2. The number of rotatable bonds is 3. The molecule has 0 saturated heterocycles. The maximum absolute atomic E-state index is 11.3. The van der Waals surface area contributed by atoms with E-state index in [-0.39, 0.29) is 12.2 Å². The van der Waals surface area contributed by atoms with Crippen molar-refractivity contribution in [2.24, 2.45) is 0 Å². The van der Waals surface area contributed by atoms with Crippen LogP contribution >= 0.6 is 0 Å². The average molecular weight is 204 g/mol. The van der Waals surface area contributed by atoms with Crippen molar-refractivity contribution in [1.29, 1.82) is 5.26 Å². The number of allylic oxidation sites excluding steroid dienone is 2. The van der Waals surface area contributed by atoms with Crippen LogP contribution in [0, 0.1) is 11.3 Å². The highest BCUT2D eigenvalue weighted by Gasteiger charge is 2.10. The van der Waals surface area contributed by atoms with Gasteiger partial charge in [-0.2, -0.15) is 5.26 Å². The number of hydrogen-bond acceptors (Lipinski definition) is 4. The van der Waals surface area contributed by atoms with Gasteiger partial charge in [-0.25, -0.2) is 4.79 Å². The van der Waals surface area contributed by atoms with Crippen molar-refractivity contribution in [3.63, 3.8) is 0 Å². The van der Waals surface area contributed by atoms with Crippen molar-refractivity contribution in [3.8, 4) is 6.07 Å². The third kappa shape index (κ3) is 3.31. The predicted molar refractivity (Wildman–Crippen MR) is 55.1 cm³/mol. The zero-order valence-corrected chi connectivity index (χ0v) is 8.51. The van der Waals surface area contributed by atoms with Gasteiger partial charge >= 0.3 is 5.97 Å². The number of esters is 1. The summed E-state index contributed by atoms with van der Waals surface area (Å²) in [5.74, 6) is -0.590. The minimum absolute atomic E-state index is 0.00644. The van der Waals surface area contributed by atoms with Gasteiger partial charge in [0.1, 0.15) is 6.07 Å². The topological polar surface area (TPSA) is 53.3 Å². The molecule has 1 heterocycles. The van der Waals surface area contributed by atoms with E-state index in [1.807, 2.05) is 18.2 Å². The van der Waals surface area contributed by atoms with E-state index in [0.717, 1.165) is 6.42 Å². The molecule has 0 N–H and O–H groups in total. The molecule has 0 spiro atoms. The maximum Gasteiger partial charge on any atom is 0.350 e. The second-order valence-corrected chi connectivity index (χ2v) is 2.83. The summed E-state index contributed by atoms with van der Waals surface area (Å²) in [4.78, 5) is 12.9. The molecule has 4 heteroatoms. The van der Waals surface area contributed by atoms with E-state index in [4.69, 9.17) is 10.00 Å². The lowest BCUT2D eigenvalue weighted by molar-refractivity contribution is -0.138. The van der Waals surface area contributed by atoms with Gasteiger partial charge in [-0.1, -0.05) is 12.2 Å². The van der Waals surface area contributed by atoms with E-state index in [1.165, 1.54) is 6.20 Å². The summed E-state index contributed by atoms with van der Waals surface area (Å²) in [6.07, 6.45) is 9.75. The molecular weight excluding hydrogens is 192 g/mol. The minimum Gasteiger partial charge on any atom is -0.462 e. The van der Waals surface area contributed by atoms with Crippen LogP contribution in [0.4, 0.5) is 0 Å². The quantitative estimate of drug-likeness (QED) is 0.399. The zero-order valence-electron chi connectivity index (χ0n) is 8.51. The smallest absolute Gasteiger partial charge is 0.350 e. The number of hydrogen-bond donors (Lipinski definition) is 0.